The van der Waals surface area contributed by atoms with Crippen LogP contribution in [0.15, 0.2) is 40.9 Å². The first-order chi connectivity index (χ1) is 13.5. The maximum absolute atomic E-state index is 12.8. The number of hydrogen-bond acceptors (Lipinski definition) is 5. The van der Waals surface area contributed by atoms with E-state index in [9.17, 15) is 9.59 Å². The first-order valence-corrected chi connectivity index (χ1v) is 9.65. The van der Waals surface area contributed by atoms with Crippen molar-refractivity contribution in [3.63, 3.8) is 0 Å². The molecule has 0 radical (unpaired) electrons. The van der Waals surface area contributed by atoms with E-state index in [1.54, 1.807) is 29.8 Å². The number of hydrogen-bond donors (Lipinski definition) is 0. The van der Waals surface area contributed by atoms with Crippen molar-refractivity contribution in [3.05, 3.63) is 53.4 Å². The zero-order valence-electron chi connectivity index (χ0n) is 16.5. The second kappa shape index (κ2) is 9.50. The Labute approximate surface area is 165 Å². The highest BCUT2D eigenvalue weighted by molar-refractivity contribution is 5.92. The van der Waals surface area contributed by atoms with Crippen molar-refractivity contribution < 1.29 is 18.8 Å². The van der Waals surface area contributed by atoms with E-state index in [2.05, 4.69) is 5.16 Å². The van der Waals surface area contributed by atoms with Crippen LogP contribution >= 0.6 is 0 Å². The zero-order chi connectivity index (χ0) is 19.9. The summed E-state index contributed by atoms with van der Waals surface area (Å²) in [5.74, 6) is 0.343. The average molecular weight is 385 g/mol. The number of amides is 2. The van der Waals surface area contributed by atoms with E-state index in [0.29, 0.717) is 32.0 Å². The largest absolute Gasteiger partial charge is 0.376 e. The van der Waals surface area contributed by atoms with Gasteiger partial charge in [-0.2, -0.15) is 0 Å². The molecule has 2 aromatic rings. The molecule has 1 atom stereocenters. The molecule has 1 fully saturated rings. The molecule has 0 aliphatic carbocycles. The van der Waals surface area contributed by atoms with Gasteiger partial charge < -0.3 is 19.1 Å². The number of carbonyl (C=O) groups excluding carboxylic acids is 2. The number of nitrogens with zero attached hydrogens (tertiary/aromatic N) is 3. The normalized spacial score (nSPS) is 16.1. The van der Waals surface area contributed by atoms with E-state index in [0.717, 1.165) is 18.4 Å². The standard InChI is InChI=1S/C21H27N3O4/c1-16-13-19(22-28-16)21(26)24(15-18-9-6-12-27-18)11-10-20(25)23(2)14-17-7-4-3-5-8-17/h3-5,7-8,13,18H,6,9-12,14-15H2,1-2H3/t18-/m0/s1. The van der Waals surface area contributed by atoms with Gasteiger partial charge in [0.15, 0.2) is 5.69 Å². The maximum atomic E-state index is 12.8. The summed E-state index contributed by atoms with van der Waals surface area (Å²) in [6.45, 7) is 3.79. The zero-order valence-corrected chi connectivity index (χ0v) is 16.5. The average Bonchev–Trinajstić information content (AvgIpc) is 3.36. The third kappa shape index (κ3) is 5.42. The third-order valence-corrected chi connectivity index (χ3v) is 4.87. The van der Waals surface area contributed by atoms with E-state index < -0.39 is 0 Å². The predicted molar refractivity (Wildman–Crippen MR) is 104 cm³/mol. The molecule has 0 unspecified atom stereocenters. The van der Waals surface area contributed by atoms with Gasteiger partial charge in [0.25, 0.3) is 5.91 Å². The van der Waals surface area contributed by atoms with Gasteiger partial charge in [0.2, 0.25) is 5.91 Å². The molecule has 1 aliphatic heterocycles. The van der Waals surface area contributed by atoms with E-state index in [-0.39, 0.29) is 30.0 Å². The molecular weight excluding hydrogens is 358 g/mol. The highest BCUT2D eigenvalue weighted by atomic mass is 16.5. The van der Waals surface area contributed by atoms with E-state index >= 15 is 0 Å². The number of aryl methyl sites for hydroxylation is 1. The summed E-state index contributed by atoms with van der Waals surface area (Å²) in [6.07, 6.45) is 2.17. The van der Waals surface area contributed by atoms with Crippen LogP contribution in [0.4, 0.5) is 0 Å². The molecule has 150 valence electrons. The Balaban J connectivity index is 1.59. The first kappa shape index (κ1) is 20.1. The van der Waals surface area contributed by atoms with Gasteiger partial charge in [-0.1, -0.05) is 35.5 Å². The smallest absolute Gasteiger partial charge is 0.276 e. The Morgan fingerprint density at radius 3 is 2.68 bits per heavy atom. The molecule has 1 aromatic heterocycles. The van der Waals surface area contributed by atoms with Crippen LogP contribution in [0.2, 0.25) is 0 Å². The minimum atomic E-state index is -0.231. The van der Waals surface area contributed by atoms with Crippen LogP contribution < -0.4 is 0 Å². The van der Waals surface area contributed by atoms with E-state index in [1.807, 2.05) is 30.3 Å². The van der Waals surface area contributed by atoms with Crippen LogP contribution in [-0.4, -0.2) is 59.6 Å². The van der Waals surface area contributed by atoms with Crippen molar-refractivity contribution >= 4 is 11.8 Å². The molecule has 2 heterocycles. The minimum absolute atomic E-state index is 0.00842. The van der Waals surface area contributed by atoms with Gasteiger partial charge in [-0.25, -0.2) is 0 Å². The highest BCUT2D eigenvalue weighted by Crippen LogP contribution is 2.16. The van der Waals surface area contributed by atoms with Crippen molar-refractivity contribution in [2.45, 2.75) is 38.8 Å². The van der Waals surface area contributed by atoms with Gasteiger partial charge in [0.1, 0.15) is 5.76 Å². The number of ether oxygens (including phenoxy) is 1. The summed E-state index contributed by atoms with van der Waals surface area (Å²) in [6, 6.07) is 11.5. The van der Waals surface area contributed by atoms with Crippen LogP contribution in [0.25, 0.3) is 0 Å². The number of rotatable bonds is 8. The molecule has 0 saturated carbocycles. The molecule has 28 heavy (non-hydrogen) atoms. The van der Waals surface area contributed by atoms with Gasteiger partial charge in [-0.3, -0.25) is 9.59 Å². The summed E-state index contributed by atoms with van der Waals surface area (Å²) >= 11 is 0. The lowest BCUT2D eigenvalue weighted by Gasteiger charge is -2.25. The molecule has 0 bridgehead atoms. The summed E-state index contributed by atoms with van der Waals surface area (Å²) in [7, 11) is 1.78. The van der Waals surface area contributed by atoms with Gasteiger partial charge in [0, 0.05) is 45.8 Å². The molecule has 1 aliphatic rings. The Hall–Kier alpha value is -2.67. The fourth-order valence-electron chi connectivity index (χ4n) is 3.31. The van der Waals surface area contributed by atoms with Crippen molar-refractivity contribution in [1.82, 2.24) is 15.0 Å². The fourth-order valence-corrected chi connectivity index (χ4v) is 3.31. The number of carbonyl (C=O) groups is 2. The fraction of sp³-hybridized carbons (Fsp3) is 0.476. The van der Waals surface area contributed by atoms with Crippen molar-refractivity contribution in [1.29, 1.82) is 0 Å². The number of benzene rings is 1. The Morgan fingerprint density at radius 2 is 2.04 bits per heavy atom. The van der Waals surface area contributed by atoms with Crippen LogP contribution in [-0.2, 0) is 16.1 Å². The van der Waals surface area contributed by atoms with Gasteiger partial charge >= 0.3 is 0 Å². The molecule has 7 heteroatoms. The highest BCUT2D eigenvalue weighted by Gasteiger charge is 2.26. The Morgan fingerprint density at radius 1 is 1.25 bits per heavy atom. The Kier molecular flexibility index (Phi) is 6.81. The number of aromatic nitrogens is 1. The van der Waals surface area contributed by atoms with Crippen LogP contribution in [0.1, 0.15) is 41.1 Å². The van der Waals surface area contributed by atoms with Gasteiger partial charge in [-0.15, -0.1) is 0 Å². The molecule has 2 amide bonds. The second-order valence-electron chi connectivity index (χ2n) is 7.19. The Bertz CT molecular complexity index is 784. The SMILES string of the molecule is Cc1cc(C(=O)N(CCC(=O)N(C)Cc2ccccc2)C[C@@H]2CCCO2)no1. The summed E-state index contributed by atoms with van der Waals surface area (Å²) < 4.78 is 10.7. The molecule has 0 N–H and O–H groups in total. The van der Waals surface area contributed by atoms with Gasteiger partial charge in [0.05, 0.1) is 6.10 Å². The van der Waals surface area contributed by atoms with Crippen LogP contribution in [0.3, 0.4) is 0 Å². The first-order valence-electron chi connectivity index (χ1n) is 9.65. The predicted octanol–water partition coefficient (Wildman–Crippen LogP) is 2.65. The minimum Gasteiger partial charge on any atom is -0.376 e. The third-order valence-electron chi connectivity index (χ3n) is 4.87. The molecular formula is C21H27N3O4. The molecule has 3 rings (SSSR count). The van der Waals surface area contributed by atoms with Crippen LogP contribution in [0, 0.1) is 6.92 Å². The lowest BCUT2D eigenvalue weighted by Crippen LogP contribution is -2.40. The van der Waals surface area contributed by atoms with E-state index in [4.69, 9.17) is 9.26 Å². The van der Waals surface area contributed by atoms with Crippen molar-refractivity contribution in [3.8, 4) is 0 Å². The summed E-state index contributed by atoms with van der Waals surface area (Å²) in [5.41, 5.74) is 1.34. The molecule has 1 aromatic carbocycles. The van der Waals surface area contributed by atoms with Crippen molar-refractivity contribution in [2.75, 3.05) is 26.7 Å². The quantitative estimate of drug-likeness (QED) is 0.698. The molecule has 7 nitrogen and oxygen atoms in total. The van der Waals surface area contributed by atoms with Crippen molar-refractivity contribution in [2.24, 2.45) is 0 Å². The molecule has 0 spiro atoms. The van der Waals surface area contributed by atoms with Crippen LogP contribution in [0.5, 0.6) is 0 Å². The molecule has 1 saturated heterocycles. The second-order valence-corrected chi connectivity index (χ2v) is 7.19. The summed E-state index contributed by atoms with van der Waals surface area (Å²) in [4.78, 5) is 28.8. The topological polar surface area (TPSA) is 75.9 Å². The summed E-state index contributed by atoms with van der Waals surface area (Å²) in [5, 5.41) is 3.83. The van der Waals surface area contributed by atoms with Gasteiger partial charge in [-0.05, 0) is 25.3 Å². The lowest BCUT2D eigenvalue weighted by molar-refractivity contribution is -0.130. The lowest BCUT2D eigenvalue weighted by atomic mass is 10.2. The maximum Gasteiger partial charge on any atom is 0.276 e. The van der Waals surface area contributed by atoms with E-state index in [1.165, 1.54) is 0 Å². The monoisotopic (exact) mass is 385 g/mol.